The Morgan fingerprint density at radius 2 is 2.03 bits per heavy atom. The lowest BCUT2D eigenvalue weighted by Gasteiger charge is -2.14. The first kappa shape index (κ1) is 23.8. The molecule has 5 nitrogen and oxygen atoms in total. The van der Waals surface area contributed by atoms with Crippen molar-refractivity contribution in [1.29, 1.82) is 0 Å². The van der Waals surface area contributed by atoms with Crippen LogP contribution in [0.5, 0.6) is 5.75 Å². The monoisotopic (exact) mass is 435 g/mol. The Morgan fingerprint density at radius 1 is 1.29 bits per heavy atom. The highest BCUT2D eigenvalue weighted by molar-refractivity contribution is 5.88. The van der Waals surface area contributed by atoms with Crippen molar-refractivity contribution in [1.82, 2.24) is 4.98 Å². The van der Waals surface area contributed by atoms with E-state index < -0.39 is 17.6 Å². The zero-order valence-electron chi connectivity index (χ0n) is 16.9. The van der Waals surface area contributed by atoms with Gasteiger partial charge in [-0.05, 0) is 37.1 Å². The number of carbonyl (C=O) groups is 1. The quantitative estimate of drug-likeness (QED) is 0.192. The molecule has 9 heteroatoms. The average molecular weight is 435 g/mol. The van der Waals surface area contributed by atoms with Crippen molar-refractivity contribution in [3.8, 4) is 17.0 Å². The molecule has 1 aromatic carbocycles. The number of alkyl halides is 3. The molecule has 2 N–H and O–H groups in total. The van der Waals surface area contributed by atoms with E-state index in [4.69, 9.17) is 10.5 Å². The molecule has 0 atom stereocenters. The van der Waals surface area contributed by atoms with Crippen LogP contribution in [0.1, 0.15) is 36.2 Å². The Balaban J connectivity index is 2.60. The molecule has 1 aromatic heterocycles. The predicted molar refractivity (Wildman–Crippen MR) is 111 cm³/mol. The molecular weight excluding hydrogens is 414 g/mol. The molecule has 0 amide bonds. The number of pyridine rings is 1. The van der Waals surface area contributed by atoms with Crippen LogP contribution in [-0.4, -0.2) is 24.2 Å². The van der Waals surface area contributed by atoms with Gasteiger partial charge in [-0.15, -0.1) is 0 Å². The van der Waals surface area contributed by atoms with Crippen molar-refractivity contribution in [2.75, 3.05) is 6.61 Å². The lowest BCUT2D eigenvalue weighted by Crippen LogP contribution is -2.08. The van der Waals surface area contributed by atoms with Crippen LogP contribution in [0.4, 0.5) is 23.4 Å². The van der Waals surface area contributed by atoms with Crippen LogP contribution in [0, 0.1) is 5.82 Å². The number of aldehydes is 1. The van der Waals surface area contributed by atoms with Crippen LogP contribution in [0.25, 0.3) is 11.3 Å². The Morgan fingerprint density at radius 3 is 2.61 bits per heavy atom. The Bertz CT molecular complexity index is 1030. The molecule has 0 radical (unpaired) electrons. The third kappa shape index (κ3) is 6.00. The zero-order valence-corrected chi connectivity index (χ0v) is 16.9. The third-order valence-corrected chi connectivity index (χ3v) is 4.12. The first-order valence-corrected chi connectivity index (χ1v) is 9.31. The van der Waals surface area contributed by atoms with Gasteiger partial charge < -0.3 is 10.5 Å². The van der Waals surface area contributed by atoms with E-state index in [9.17, 15) is 22.4 Å². The van der Waals surface area contributed by atoms with Gasteiger partial charge in [0.05, 0.1) is 17.6 Å². The Kier molecular flexibility index (Phi) is 8.07. The molecule has 2 rings (SSSR count). The van der Waals surface area contributed by atoms with Gasteiger partial charge in [0.25, 0.3) is 0 Å². The molecule has 0 fully saturated rings. The summed E-state index contributed by atoms with van der Waals surface area (Å²) in [5, 5.41) is 0. The van der Waals surface area contributed by atoms with E-state index in [1.54, 1.807) is 0 Å². The molecule has 1 heterocycles. The van der Waals surface area contributed by atoms with E-state index in [2.05, 4.69) is 9.98 Å². The van der Waals surface area contributed by atoms with Gasteiger partial charge in [0.15, 0.2) is 12.1 Å². The molecule has 0 aliphatic carbocycles. The maximum atomic E-state index is 13.7. The Labute approximate surface area is 177 Å². The summed E-state index contributed by atoms with van der Waals surface area (Å²) in [6, 6.07) is 3.80. The van der Waals surface area contributed by atoms with Crippen molar-refractivity contribution in [2.24, 2.45) is 10.7 Å². The van der Waals surface area contributed by atoms with Crippen molar-refractivity contribution in [3.05, 3.63) is 65.0 Å². The fourth-order valence-electron chi connectivity index (χ4n) is 2.78. The number of hydrogen-bond acceptors (Lipinski definition) is 4. The largest absolute Gasteiger partial charge is 0.488 e. The van der Waals surface area contributed by atoms with Crippen molar-refractivity contribution in [3.63, 3.8) is 0 Å². The zero-order chi connectivity index (χ0) is 23.0. The fourth-order valence-corrected chi connectivity index (χ4v) is 2.78. The predicted octanol–water partition coefficient (Wildman–Crippen LogP) is 5.63. The highest BCUT2D eigenvalue weighted by Crippen LogP contribution is 2.36. The normalized spacial score (nSPS) is 12.6. The first-order valence-electron chi connectivity index (χ1n) is 9.31. The van der Waals surface area contributed by atoms with Crippen molar-refractivity contribution >= 4 is 18.4 Å². The van der Waals surface area contributed by atoms with Gasteiger partial charge in [-0.3, -0.25) is 4.79 Å². The number of hydrogen-bond donors (Lipinski definition) is 1. The summed E-state index contributed by atoms with van der Waals surface area (Å²) in [6.07, 6.45) is 2.83. The summed E-state index contributed by atoms with van der Waals surface area (Å²) >= 11 is 0. The van der Waals surface area contributed by atoms with E-state index in [0.717, 1.165) is 24.4 Å². The molecule has 0 aliphatic heterocycles. The number of nitrogens with two attached hydrogens (primary N) is 1. The minimum absolute atomic E-state index is 0.0127. The molecule has 31 heavy (non-hydrogen) atoms. The van der Waals surface area contributed by atoms with Gasteiger partial charge in [0.1, 0.15) is 23.7 Å². The number of rotatable bonds is 8. The van der Waals surface area contributed by atoms with E-state index in [1.807, 2.05) is 32.1 Å². The minimum atomic E-state index is -4.88. The number of carbonyl (C=O) groups excluding carboxylic acids is 1. The molecule has 0 unspecified atom stereocenters. The number of nitrogens with zero attached hydrogens (tertiary/aromatic N) is 2. The van der Waals surface area contributed by atoms with Crippen LogP contribution in [0.2, 0.25) is 0 Å². The van der Waals surface area contributed by atoms with Crippen molar-refractivity contribution < 1.29 is 27.1 Å². The standard InChI is InChI=1S/C22H21F4N3O2/c1-3-5-14(6-4-2)12-31-20-10-19(29-21(28-13-27)16(20)11-30)15-7-8-18(23)17(9-15)22(24,25)26/h3,5-11,13H,4,12H2,1-2H3,(H2,27,28,29)/b5-3-,14-6+. The molecule has 2 aromatic rings. The van der Waals surface area contributed by atoms with Crippen LogP contribution >= 0.6 is 0 Å². The SMILES string of the molecule is C/C=C\C(=C/CC)COc1cc(-c2ccc(F)c(C(F)(F)F)c2)nc(/N=C\N)c1C=O. The highest BCUT2D eigenvalue weighted by Gasteiger charge is 2.34. The lowest BCUT2D eigenvalue weighted by molar-refractivity contribution is -0.139. The van der Waals surface area contributed by atoms with E-state index in [-0.39, 0.29) is 35.0 Å². The second-order valence-electron chi connectivity index (χ2n) is 6.31. The van der Waals surface area contributed by atoms with Gasteiger partial charge >= 0.3 is 6.18 Å². The molecule has 0 spiro atoms. The summed E-state index contributed by atoms with van der Waals surface area (Å²) in [5.74, 6) is -1.47. The average Bonchev–Trinajstić information content (AvgIpc) is 2.71. The second kappa shape index (κ2) is 10.5. The number of allylic oxidation sites excluding steroid dienone is 2. The summed E-state index contributed by atoms with van der Waals surface area (Å²) in [4.78, 5) is 19.6. The number of benzene rings is 1. The third-order valence-electron chi connectivity index (χ3n) is 4.12. The summed E-state index contributed by atoms with van der Waals surface area (Å²) in [7, 11) is 0. The van der Waals surface area contributed by atoms with Crippen molar-refractivity contribution in [2.45, 2.75) is 26.4 Å². The molecular formula is C22H21F4N3O2. The number of aliphatic imine (C=N–C) groups is 1. The van der Waals surface area contributed by atoms with Crippen LogP contribution in [0.3, 0.4) is 0 Å². The second-order valence-corrected chi connectivity index (χ2v) is 6.31. The van der Waals surface area contributed by atoms with Gasteiger partial charge in [0.2, 0.25) is 0 Å². The fraction of sp³-hybridized carbons (Fsp3) is 0.227. The van der Waals surface area contributed by atoms with Gasteiger partial charge in [-0.25, -0.2) is 14.4 Å². The topological polar surface area (TPSA) is 77.6 Å². The molecule has 0 saturated carbocycles. The molecule has 0 saturated heterocycles. The summed E-state index contributed by atoms with van der Waals surface area (Å²) in [5.41, 5.74) is 4.70. The van der Waals surface area contributed by atoms with E-state index in [0.29, 0.717) is 18.4 Å². The molecule has 0 aliphatic rings. The van der Waals surface area contributed by atoms with Crippen LogP contribution in [-0.2, 0) is 6.18 Å². The Hall–Kier alpha value is -3.49. The number of aromatic nitrogens is 1. The summed E-state index contributed by atoms with van der Waals surface area (Å²) < 4.78 is 58.8. The number of ether oxygens (including phenoxy) is 1. The molecule has 164 valence electrons. The van der Waals surface area contributed by atoms with E-state index >= 15 is 0 Å². The maximum absolute atomic E-state index is 13.7. The number of halogens is 4. The minimum Gasteiger partial charge on any atom is -0.488 e. The summed E-state index contributed by atoms with van der Waals surface area (Å²) in [6.45, 7) is 3.89. The van der Waals surface area contributed by atoms with Gasteiger partial charge in [-0.2, -0.15) is 13.2 Å². The van der Waals surface area contributed by atoms with E-state index in [1.165, 1.54) is 6.07 Å². The maximum Gasteiger partial charge on any atom is 0.419 e. The smallest absolute Gasteiger partial charge is 0.419 e. The van der Waals surface area contributed by atoms with Crippen LogP contribution < -0.4 is 10.5 Å². The van der Waals surface area contributed by atoms with Gasteiger partial charge in [-0.1, -0.05) is 25.2 Å². The highest BCUT2D eigenvalue weighted by atomic mass is 19.4. The van der Waals surface area contributed by atoms with Crippen LogP contribution in [0.15, 0.2) is 53.1 Å². The first-order chi connectivity index (χ1) is 14.7. The molecule has 0 bridgehead atoms. The van der Waals surface area contributed by atoms with Gasteiger partial charge in [0, 0.05) is 11.6 Å². The lowest BCUT2D eigenvalue weighted by atomic mass is 10.1.